The molecule has 3 N–H and O–H groups in total. The van der Waals surface area contributed by atoms with Crippen molar-refractivity contribution in [1.82, 2.24) is 0 Å². The van der Waals surface area contributed by atoms with Gasteiger partial charge in [-0.25, -0.2) is 9.59 Å². The van der Waals surface area contributed by atoms with Crippen LogP contribution in [0.25, 0.3) is 0 Å². The number of aromatic hydroxyl groups is 1. The molecule has 104 valence electrons. The van der Waals surface area contributed by atoms with Crippen LogP contribution in [0, 0.1) is 0 Å². The summed E-state index contributed by atoms with van der Waals surface area (Å²) in [6, 6.07) is 1.99. The van der Waals surface area contributed by atoms with E-state index >= 15 is 0 Å². The van der Waals surface area contributed by atoms with Gasteiger partial charge in [0.2, 0.25) is 0 Å². The summed E-state index contributed by atoms with van der Waals surface area (Å²) in [7, 11) is 1.24. The zero-order chi connectivity index (χ0) is 14.6. The lowest BCUT2D eigenvalue weighted by Crippen LogP contribution is -2.16. The molecule has 0 aliphatic heterocycles. The maximum atomic E-state index is 11.4. The van der Waals surface area contributed by atoms with Crippen molar-refractivity contribution >= 4 is 11.9 Å². The molecule has 19 heavy (non-hydrogen) atoms. The van der Waals surface area contributed by atoms with Crippen LogP contribution in [0.1, 0.15) is 28.9 Å². The number of carboxylic acid groups (broad SMARTS) is 1. The summed E-state index contributed by atoms with van der Waals surface area (Å²) in [5.74, 6) is -2.82. The zero-order valence-electron chi connectivity index (χ0n) is 10.4. The molecule has 1 atom stereocenters. The smallest absolute Gasteiger partial charge is 0.339 e. The van der Waals surface area contributed by atoms with Gasteiger partial charge in [0.05, 0.1) is 13.7 Å². The van der Waals surface area contributed by atoms with Gasteiger partial charge in [-0.2, -0.15) is 0 Å². The maximum Gasteiger partial charge on any atom is 0.339 e. The Balaban J connectivity index is 3.25. The summed E-state index contributed by atoms with van der Waals surface area (Å²) in [5, 5.41) is 28.4. The van der Waals surface area contributed by atoms with E-state index in [9.17, 15) is 19.8 Å². The molecule has 0 amide bonds. The number of carbonyl (C=O) groups is 2. The Morgan fingerprint density at radius 3 is 2.47 bits per heavy atom. The van der Waals surface area contributed by atoms with Crippen molar-refractivity contribution < 1.29 is 34.4 Å². The van der Waals surface area contributed by atoms with Crippen molar-refractivity contribution in [3.8, 4) is 11.5 Å². The van der Waals surface area contributed by atoms with Crippen LogP contribution in [0.5, 0.6) is 11.5 Å². The Morgan fingerprint density at radius 1 is 1.37 bits per heavy atom. The molecule has 0 aliphatic carbocycles. The summed E-state index contributed by atoms with van der Waals surface area (Å²) < 4.78 is 9.38. The fraction of sp³-hybridized carbons (Fsp3) is 0.333. The van der Waals surface area contributed by atoms with Crippen molar-refractivity contribution in [1.29, 1.82) is 0 Å². The Morgan fingerprint density at radius 2 is 2.00 bits per heavy atom. The number of carbonyl (C=O) groups excluding carboxylic acids is 1. The van der Waals surface area contributed by atoms with Crippen molar-refractivity contribution in [2.45, 2.75) is 13.0 Å². The number of hydrogen-bond acceptors (Lipinski definition) is 6. The molecular formula is C12H14O7. The second-order valence-electron chi connectivity index (χ2n) is 3.57. The Labute approximate surface area is 109 Å². The standard InChI is InChI=1S/C12H14O7/c1-3-19-12(17)10(14)6-4-7(11(15)16)9(18-2)5-8(6)13/h4-5,10,13-14H,3H2,1-2H3,(H,15,16). The Hall–Kier alpha value is -2.28. The van der Waals surface area contributed by atoms with Crippen LogP contribution >= 0.6 is 0 Å². The summed E-state index contributed by atoms with van der Waals surface area (Å²) in [6.45, 7) is 1.61. The van der Waals surface area contributed by atoms with Gasteiger partial charge in [0.1, 0.15) is 17.1 Å². The topological polar surface area (TPSA) is 113 Å². The van der Waals surface area contributed by atoms with Crippen LogP contribution in [0.2, 0.25) is 0 Å². The number of benzene rings is 1. The van der Waals surface area contributed by atoms with Crippen molar-refractivity contribution in [3.63, 3.8) is 0 Å². The largest absolute Gasteiger partial charge is 0.507 e. The minimum atomic E-state index is -1.76. The van der Waals surface area contributed by atoms with E-state index in [1.165, 1.54) is 7.11 Å². The molecule has 0 saturated carbocycles. The molecule has 0 saturated heterocycles. The number of methoxy groups -OCH3 is 1. The number of aliphatic hydroxyl groups is 1. The van der Waals surface area contributed by atoms with E-state index in [2.05, 4.69) is 4.74 Å². The predicted molar refractivity (Wildman–Crippen MR) is 63.2 cm³/mol. The van der Waals surface area contributed by atoms with Crippen LogP contribution in [0.4, 0.5) is 0 Å². The first-order chi connectivity index (χ1) is 8.92. The number of aromatic carboxylic acids is 1. The number of hydrogen-bond donors (Lipinski definition) is 3. The van der Waals surface area contributed by atoms with E-state index in [1.807, 2.05) is 0 Å². The van der Waals surface area contributed by atoms with E-state index in [0.717, 1.165) is 12.1 Å². The number of rotatable bonds is 5. The summed E-state index contributed by atoms with van der Waals surface area (Å²) >= 11 is 0. The number of esters is 1. The van der Waals surface area contributed by atoms with Gasteiger partial charge < -0.3 is 24.8 Å². The molecule has 1 aromatic carbocycles. The lowest BCUT2D eigenvalue weighted by atomic mass is 10.0. The van der Waals surface area contributed by atoms with Gasteiger partial charge in [0, 0.05) is 11.6 Å². The van der Waals surface area contributed by atoms with Gasteiger partial charge in [0.25, 0.3) is 0 Å². The lowest BCUT2D eigenvalue weighted by Gasteiger charge is -2.14. The minimum absolute atomic E-state index is 0.0542. The average Bonchev–Trinajstić information content (AvgIpc) is 2.37. The van der Waals surface area contributed by atoms with Crippen LogP contribution in [-0.2, 0) is 9.53 Å². The molecule has 7 nitrogen and oxygen atoms in total. The third-order valence-corrected chi connectivity index (χ3v) is 2.38. The summed E-state index contributed by atoms with van der Waals surface area (Å²) in [4.78, 5) is 22.4. The van der Waals surface area contributed by atoms with Crippen LogP contribution in [0.15, 0.2) is 12.1 Å². The number of aliphatic hydroxyl groups excluding tert-OH is 1. The van der Waals surface area contributed by atoms with E-state index < -0.39 is 23.8 Å². The Kier molecular flexibility index (Phi) is 4.71. The number of phenolic OH excluding ortho intramolecular Hbond substituents is 1. The summed E-state index contributed by atoms with van der Waals surface area (Å²) in [6.07, 6.45) is -1.76. The highest BCUT2D eigenvalue weighted by molar-refractivity contribution is 5.92. The molecule has 1 unspecified atom stereocenters. The van der Waals surface area contributed by atoms with E-state index in [0.29, 0.717) is 0 Å². The van der Waals surface area contributed by atoms with Crippen molar-refractivity contribution in [2.24, 2.45) is 0 Å². The summed E-state index contributed by atoms with van der Waals surface area (Å²) in [5.41, 5.74) is -0.532. The molecule has 7 heteroatoms. The van der Waals surface area contributed by atoms with Crippen molar-refractivity contribution in [2.75, 3.05) is 13.7 Å². The molecule has 0 aliphatic rings. The third-order valence-electron chi connectivity index (χ3n) is 2.38. The molecule has 0 radical (unpaired) electrons. The number of carboxylic acids is 1. The second kappa shape index (κ2) is 6.05. The molecule has 0 spiro atoms. The molecule has 0 heterocycles. The molecule has 1 rings (SSSR count). The first-order valence-corrected chi connectivity index (χ1v) is 5.41. The highest BCUT2D eigenvalue weighted by Gasteiger charge is 2.25. The van der Waals surface area contributed by atoms with Gasteiger partial charge in [0.15, 0.2) is 6.10 Å². The predicted octanol–water partition coefficient (Wildman–Crippen LogP) is 0.696. The molecular weight excluding hydrogens is 256 g/mol. The van der Waals surface area contributed by atoms with Gasteiger partial charge in [-0.15, -0.1) is 0 Å². The normalized spacial score (nSPS) is 11.7. The maximum absolute atomic E-state index is 11.4. The van der Waals surface area contributed by atoms with E-state index in [4.69, 9.17) is 9.84 Å². The quantitative estimate of drug-likeness (QED) is 0.674. The monoisotopic (exact) mass is 270 g/mol. The zero-order valence-corrected chi connectivity index (χ0v) is 10.4. The van der Waals surface area contributed by atoms with Gasteiger partial charge in [-0.05, 0) is 13.0 Å². The lowest BCUT2D eigenvalue weighted by molar-refractivity contribution is -0.153. The molecule has 0 aromatic heterocycles. The fourth-order valence-corrected chi connectivity index (χ4v) is 1.49. The van der Waals surface area contributed by atoms with Crippen LogP contribution in [-0.4, -0.2) is 41.0 Å². The second-order valence-corrected chi connectivity index (χ2v) is 3.57. The van der Waals surface area contributed by atoms with Gasteiger partial charge in [-0.1, -0.05) is 0 Å². The number of phenols is 1. The average molecular weight is 270 g/mol. The third kappa shape index (κ3) is 3.14. The minimum Gasteiger partial charge on any atom is -0.507 e. The van der Waals surface area contributed by atoms with E-state index in [1.54, 1.807) is 6.92 Å². The van der Waals surface area contributed by atoms with Crippen LogP contribution < -0.4 is 4.74 Å². The van der Waals surface area contributed by atoms with Crippen molar-refractivity contribution in [3.05, 3.63) is 23.3 Å². The highest BCUT2D eigenvalue weighted by Crippen LogP contribution is 2.32. The molecule has 1 aromatic rings. The highest BCUT2D eigenvalue weighted by atomic mass is 16.5. The first kappa shape index (κ1) is 14.8. The van der Waals surface area contributed by atoms with E-state index in [-0.39, 0.29) is 23.5 Å². The first-order valence-electron chi connectivity index (χ1n) is 5.41. The number of ether oxygens (including phenoxy) is 2. The Bertz CT molecular complexity index is 495. The molecule has 0 fully saturated rings. The SMILES string of the molecule is CCOC(=O)C(O)c1cc(C(=O)O)c(OC)cc1O. The van der Waals surface area contributed by atoms with Gasteiger partial charge in [-0.3, -0.25) is 0 Å². The van der Waals surface area contributed by atoms with Crippen LogP contribution in [0.3, 0.4) is 0 Å². The molecule has 0 bridgehead atoms. The fourth-order valence-electron chi connectivity index (χ4n) is 1.49. The van der Waals surface area contributed by atoms with Gasteiger partial charge >= 0.3 is 11.9 Å².